The summed E-state index contributed by atoms with van der Waals surface area (Å²) in [7, 11) is 0. The number of aromatic amines is 1. The van der Waals surface area contributed by atoms with Gasteiger partial charge in [-0.25, -0.2) is 14.2 Å². The molecule has 0 aliphatic heterocycles. The molecule has 9 nitrogen and oxygen atoms in total. The molecule has 120 valence electrons. The van der Waals surface area contributed by atoms with Crippen molar-refractivity contribution in [3.8, 4) is 0 Å². The fourth-order valence-corrected chi connectivity index (χ4v) is 1.52. The average molecular weight is 314 g/mol. The number of ketones is 1. The Hall–Kier alpha value is -2.78. The number of aromatic nitrogens is 2. The number of carboxylic acid groups (broad SMARTS) is 1. The first-order valence-corrected chi connectivity index (χ1v) is 6.22. The predicted molar refractivity (Wildman–Crippen MR) is 70.7 cm³/mol. The van der Waals surface area contributed by atoms with Crippen molar-refractivity contribution in [1.82, 2.24) is 20.6 Å². The molecule has 0 aliphatic rings. The quantitative estimate of drug-likeness (QED) is 0.510. The molecule has 4 N–H and O–H groups in total. The van der Waals surface area contributed by atoms with Gasteiger partial charge in [0.2, 0.25) is 12.1 Å². The lowest BCUT2D eigenvalue weighted by molar-refractivity contribution is -0.146. The van der Waals surface area contributed by atoms with Crippen molar-refractivity contribution in [2.75, 3.05) is 0 Å². The molecule has 0 saturated carbocycles. The number of halogens is 1. The number of aliphatic carboxylic acids is 1. The lowest BCUT2D eigenvalue weighted by Gasteiger charge is -2.20. The van der Waals surface area contributed by atoms with Crippen LogP contribution in [0.2, 0.25) is 0 Å². The summed E-state index contributed by atoms with van der Waals surface area (Å²) in [5.74, 6) is -4.33. The smallest absolute Gasteiger partial charge is 0.340 e. The number of nitrogens with one attached hydrogen (secondary N) is 3. The lowest BCUT2D eigenvalue weighted by atomic mass is 10.1. The van der Waals surface area contributed by atoms with Crippen molar-refractivity contribution in [2.24, 2.45) is 0 Å². The molecule has 0 unspecified atom stereocenters. The molecular formula is C12H15FN4O5. The molecule has 2 amide bonds. The summed E-state index contributed by atoms with van der Waals surface area (Å²) >= 11 is 0. The van der Waals surface area contributed by atoms with Crippen molar-refractivity contribution >= 4 is 23.6 Å². The van der Waals surface area contributed by atoms with Gasteiger partial charge in [-0.15, -0.1) is 0 Å². The number of carbonyl (C=O) groups is 4. The fourth-order valence-electron chi connectivity index (χ4n) is 1.52. The number of imidazole rings is 1. The molecule has 1 heterocycles. The zero-order valence-corrected chi connectivity index (χ0v) is 11.8. The van der Waals surface area contributed by atoms with E-state index in [0.29, 0.717) is 0 Å². The molecule has 1 aromatic rings. The van der Waals surface area contributed by atoms with Crippen LogP contribution in [-0.2, 0) is 14.4 Å². The second-order valence-corrected chi connectivity index (χ2v) is 4.47. The lowest BCUT2D eigenvalue weighted by Crippen LogP contribution is -2.54. The number of hydrogen-bond acceptors (Lipinski definition) is 5. The second-order valence-electron chi connectivity index (χ2n) is 4.47. The Bertz CT molecular complexity index is 574. The Kier molecular flexibility index (Phi) is 5.72. The van der Waals surface area contributed by atoms with Crippen LogP contribution in [0.1, 0.15) is 24.5 Å². The van der Waals surface area contributed by atoms with Gasteiger partial charge in [0.05, 0.1) is 0 Å². The van der Waals surface area contributed by atoms with Crippen LogP contribution >= 0.6 is 0 Å². The molecule has 0 aliphatic carbocycles. The highest BCUT2D eigenvalue weighted by molar-refractivity contribution is 5.97. The number of carbonyl (C=O) groups excluding carboxylic acids is 3. The SMILES string of the molecule is CC(=O)[C@H](NC(=O)[C@@H](C)NC(=O)c1ncc[nH]1)[C@H](F)C(=O)O. The van der Waals surface area contributed by atoms with Crippen molar-refractivity contribution in [3.63, 3.8) is 0 Å². The van der Waals surface area contributed by atoms with Crippen LogP contribution in [0.4, 0.5) is 4.39 Å². The Balaban J connectivity index is 2.67. The van der Waals surface area contributed by atoms with Crippen LogP contribution in [0.3, 0.4) is 0 Å². The molecule has 1 rings (SSSR count). The Morgan fingerprint density at radius 2 is 1.95 bits per heavy atom. The zero-order chi connectivity index (χ0) is 16.9. The molecule has 1 aromatic heterocycles. The maximum absolute atomic E-state index is 13.4. The minimum Gasteiger partial charge on any atom is -0.479 e. The van der Waals surface area contributed by atoms with Crippen molar-refractivity contribution in [3.05, 3.63) is 18.2 Å². The molecule has 22 heavy (non-hydrogen) atoms. The maximum atomic E-state index is 13.4. The van der Waals surface area contributed by atoms with Gasteiger partial charge >= 0.3 is 5.97 Å². The van der Waals surface area contributed by atoms with E-state index in [4.69, 9.17) is 5.11 Å². The zero-order valence-electron chi connectivity index (χ0n) is 11.8. The van der Waals surface area contributed by atoms with Gasteiger partial charge in [0.1, 0.15) is 12.1 Å². The van der Waals surface area contributed by atoms with E-state index in [0.717, 1.165) is 6.92 Å². The maximum Gasteiger partial charge on any atom is 0.340 e. The highest BCUT2D eigenvalue weighted by Gasteiger charge is 2.34. The van der Waals surface area contributed by atoms with Gasteiger partial charge in [0.15, 0.2) is 11.6 Å². The van der Waals surface area contributed by atoms with E-state index in [-0.39, 0.29) is 5.82 Å². The summed E-state index contributed by atoms with van der Waals surface area (Å²) in [4.78, 5) is 51.5. The normalized spacial score (nSPS) is 14.5. The summed E-state index contributed by atoms with van der Waals surface area (Å²) in [5.41, 5.74) is 0. The summed E-state index contributed by atoms with van der Waals surface area (Å²) < 4.78 is 13.4. The van der Waals surface area contributed by atoms with Crippen molar-refractivity contribution < 1.29 is 28.7 Å². The monoisotopic (exact) mass is 314 g/mol. The standard InChI is InChI=1S/C12H15FN4O5/c1-5(16-11(20)9-14-3-4-15-9)10(19)17-8(6(2)18)7(13)12(21)22/h3-5,7-8H,1-2H3,(H,14,15)(H,16,20)(H,17,19)(H,21,22)/t5-,7+,8+/m1/s1. The summed E-state index contributed by atoms with van der Waals surface area (Å²) in [6, 6.07) is -2.95. The van der Waals surface area contributed by atoms with E-state index >= 15 is 0 Å². The number of nitrogens with zero attached hydrogens (tertiary/aromatic N) is 1. The van der Waals surface area contributed by atoms with Gasteiger partial charge in [-0.05, 0) is 13.8 Å². The first-order valence-electron chi connectivity index (χ1n) is 6.22. The molecule has 0 spiro atoms. The second kappa shape index (κ2) is 7.29. The van der Waals surface area contributed by atoms with Crippen molar-refractivity contribution in [1.29, 1.82) is 0 Å². The van der Waals surface area contributed by atoms with Gasteiger partial charge in [0.25, 0.3) is 5.91 Å². The van der Waals surface area contributed by atoms with E-state index in [9.17, 15) is 23.6 Å². The summed E-state index contributed by atoms with van der Waals surface area (Å²) in [5, 5.41) is 12.8. The van der Waals surface area contributed by atoms with E-state index in [1.807, 2.05) is 5.32 Å². The van der Waals surface area contributed by atoms with Crippen LogP contribution in [0, 0.1) is 0 Å². The molecule has 0 bridgehead atoms. The number of carboxylic acids is 1. The third-order valence-corrected chi connectivity index (χ3v) is 2.72. The molecule has 3 atom stereocenters. The molecule has 0 fully saturated rings. The van der Waals surface area contributed by atoms with Gasteiger partial charge < -0.3 is 20.7 Å². The predicted octanol–water partition coefficient (Wildman–Crippen LogP) is -0.975. The van der Waals surface area contributed by atoms with E-state index < -0.39 is 41.8 Å². The van der Waals surface area contributed by atoms with Crippen molar-refractivity contribution in [2.45, 2.75) is 32.1 Å². The van der Waals surface area contributed by atoms with E-state index in [1.165, 1.54) is 19.3 Å². The fraction of sp³-hybridized carbons (Fsp3) is 0.417. The molecular weight excluding hydrogens is 299 g/mol. The Labute approximate surface area is 124 Å². The number of alkyl halides is 1. The summed E-state index contributed by atoms with van der Waals surface area (Å²) in [6.07, 6.45) is 0.173. The number of Topliss-reactive ketones (excluding diaryl/α,β-unsaturated/α-hetero) is 1. The van der Waals surface area contributed by atoms with Crippen LogP contribution in [-0.4, -0.2) is 56.9 Å². The van der Waals surface area contributed by atoms with Gasteiger partial charge in [-0.1, -0.05) is 0 Å². The van der Waals surface area contributed by atoms with Gasteiger partial charge in [0, 0.05) is 12.4 Å². The Morgan fingerprint density at radius 3 is 2.41 bits per heavy atom. The van der Waals surface area contributed by atoms with Gasteiger partial charge in [-0.3, -0.25) is 14.4 Å². The first-order chi connectivity index (χ1) is 10.2. The van der Waals surface area contributed by atoms with E-state index in [2.05, 4.69) is 15.3 Å². The summed E-state index contributed by atoms with van der Waals surface area (Å²) in [6.45, 7) is 2.24. The van der Waals surface area contributed by atoms with Crippen LogP contribution in [0.5, 0.6) is 0 Å². The van der Waals surface area contributed by atoms with Crippen LogP contribution in [0.15, 0.2) is 12.4 Å². The number of amides is 2. The number of rotatable bonds is 7. The largest absolute Gasteiger partial charge is 0.479 e. The van der Waals surface area contributed by atoms with Gasteiger partial charge in [-0.2, -0.15) is 0 Å². The average Bonchev–Trinajstić information content (AvgIpc) is 2.97. The number of hydrogen-bond donors (Lipinski definition) is 4. The highest BCUT2D eigenvalue weighted by atomic mass is 19.1. The third kappa shape index (κ3) is 4.36. The minimum absolute atomic E-state index is 0.0309. The van der Waals surface area contributed by atoms with Crippen LogP contribution in [0.25, 0.3) is 0 Å². The van der Waals surface area contributed by atoms with E-state index in [1.54, 1.807) is 0 Å². The third-order valence-electron chi connectivity index (χ3n) is 2.72. The first kappa shape index (κ1) is 17.3. The molecule has 10 heteroatoms. The molecule has 0 aromatic carbocycles. The highest BCUT2D eigenvalue weighted by Crippen LogP contribution is 2.02. The van der Waals surface area contributed by atoms with Crippen LogP contribution < -0.4 is 10.6 Å². The Morgan fingerprint density at radius 1 is 1.32 bits per heavy atom. The minimum atomic E-state index is -2.57. The molecule has 0 saturated heterocycles. The topological polar surface area (TPSA) is 141 Å². The molecule has 0 radical (unpaired) electrons. The number of H-pyrrole nitrogens is 1.